The summed E-state index contributed by atoms with van der Waals surface area (Å²) in [6.07, 6.45) is 1.60. The first-order valence-electron chi connectivity index (χ1n) is 8.63. The maximum absolute atomic E-state index is 13.4. The van der Waals surface area contributed by atoms with Gasteiger partial charge in [-0.05, 0) is 57.4 Å². The van der Waals surface area contributed by atoms with E-state index < -0.39 is 27.6 Å². The molecule has 2 rings (SSSR count). The Morgan fingerprint density at radius 2 is 2.08 bits per heavy atom. The van der Waals surface area contributed by atoms with Gasteiger partial charge in [0.25, 0.3) is 0 Å². The van der Waals surface area contributed by atoms with E-state index in [9.17, 15) is 17.6 Å². The molecule has 8 heteroatoms. The van der Waals surface area contributed by atoms with E-state index >= 15 is 0 Å². The van der Waals surface area contributed by atoms with E-state index in [0.717, 1.165) is 17.7 Å². The summed E-state index contributed by atoms with van der Waals surface area (Å²) in [5.74, 6) is -0.302. The number of ether oxygens (including phenoxy) is 1. The van der Waals surface area contributed by atoms with Crippen molar-refractivity contribution in [3.8, 4) is 0 Å². The first-order chi connectivity index (χ1) is 11.9. The zero-order valence-electron chi connectivity index (χ0n) is 15.7. The number of amides is 1. The van der Waals surface area contributed by atoms with Gasteiger partial charge in [-0.2, -0.15) is 0 Å². The smallest absolute Gasteiger partial charge is 0.407 e. The minimum Gasteiger partial charge on any atom is -0.444 e. The SMILES string of the molecule is CC(C)(C)OC(=O)NC(CCS(C)(=O)=O)CN1CCc2cc(F)ccc21. The third-order valence-corrected chi connectivity index (χ3v) is 5.01. The van der Waals surface area contributed by atoms with Gasteiger partial charge in [0.05, 0.1) is 11.8 Å². The van der Waals surface area contributed by atoms with Gasteiger partial charge in [-0.25, -0.2) is 17.6 Å². The van der Waals surface area contributed by atoms with E-state index in [1.54, 1.807) is 26.8 Å². The third kappa shape index (κ3) is 6.48. The van der Waals surface area contributed by atoms with Crippen LogP contribution in [0.3, 0.4) is 0 Å². The fraction of sp³-hybridized carbons (Fsp3) is 0.611. The second kappa shape index (κ2) is 7.82. The number of hydrogen-bond donors (Lipinski definition) is 1. The molecule has 1 amide bonds. The van der Waals surface area contributed by atoms with Crippen LogP contribution in [0.5, 0.6) is 0 Å². The second-order valence-corrected chi connectivity index (χ2v) is 9.99. The lowest BCUT2D eigenvalue weighted by Crippen LogP contribution is -2.46. The van der Waals surface area contributed by atoms with Crippen molar-refractivity contribution in [1.29, 1.82) is 0 Å². The van der Waals surface area contributed by atoms with Crippen LogP contribution in [0.15, 0.2) is 18.2 Å². The van der Waals surface area contributed by atoms with Crippen molar-refractivity contribution in [1.82, 2.24) is 5.32 Å². The number of nitrogens with one attached hydrogen (secondary N) is 1. The number of fused-ring (bicyclic) bond motifs is 1. The van der Waals surface area contributed by atoms with Gasteiger partial charge >= 0.3 is 6.09 Å². The summed E-state index contributed by atoms with van der Waals surface area (Å²) >= 11 is 0. The molecule has 1 aliphatic rings. The predicted octanol–water partition coefficient (Wildman–Crippen LogP) is 2.52. The van der Waals surface area contributed by atoms with Gasteiger partial charge in [-0.3, -0.25) is 0 Å². The molecule has 0 spiro atoms. The van der Waals surface area contributed by atoms with E-state index in [0.29, 0.717) is 13.1 Å². The molecule has 1 aromatic carbocycles. The van der Waals surface area contributed by atoms with Gasteiger partial charge in [0.2, 0.25) is 0 Å². The fourth-order valence-corrected chi connectivity index (χ4v) is 3.65. The lowest BCUT2D eigenvalue weighted by molar-refractivity contribution is 0.0504. The molecule has 0 fully saturated rings. The first kappa shape index (κ1) is 20.5. The molecule has 0 radical (unpaired) electrons. The number of halogens is 1. The van der Waals surface area contributed by atoms with E-state index in [1.807, 2.05) is 4.90 Å². The van der Waals surface area contributed by atoms with Gasteiger partial charge < -0.3 is 15.0 Å². The van der Waals surface area contributed by atoms with Crippen LogP contribution >= 0.6 is 0 Å². The lowest BCUT2D eigenvalue weighted by Gasteiger charge is -2.28. The van der Waals surface area contributed by atoms with Crippen molar-refractivity contribution in [2.45, 2.75) is 45.3 Å². The number of sulfone groups is 1. The zero-order chi connectivity index (χ0) is 19.5. The minimum absolute atomic E-state index is 0.0302. The van der Waals surface area contributed by atoms with Crippen LogP contribution in [0.25, 0.3) is 0 Å². The number of hydrogen-bond acceptors (Lipinski definition) is 5. The molecule has 1 aromatic rings. The number of anilines is 1. The van der Waals surface area contributed by atoms with Gasteiger partial charge in [0.15, 0.2) is 0 Å². The van der Waals surface area contributed by atoms with Gasteiger partial charge in [-0.1, -0.05) is 0 Å². The summed E-state index contributed by atoms with van der Waals surface area (Å²) in [5, 5.41) is 2.77. The Morgan fingerprint density at radius 3 is 2.69 bits per heavy atom. The highest BCUT2D eigenvalue weighted by atomic mass is 32.2. The van der Waals surface area contributed by atoms with E-state index in [-0.39, 0.29) is 18.0 Å². The zero-order valence-corrected chi connectivity index (χ0v) is 16.5. The van der Waals surface area contributed by atoms with Gasteiger partial charge in [-0.15, -0.1) is 0 Å². The molecule has 1 aliphatic heterocycles. The van der Waals surface area contributed by atoms with Crippen molar-refractivity contribution >= 4 is 21.6 Å². The highest BCUT2D eigenvalue weighted by Gasteiger charge is 2.26. The van der Waals surface area contributed by atoms with Gasteiger partial charge in [0.1, 0.15) is 21.3 Å². The standard InChI is InChI=1S/C18H27FN2O4S/c1-18(2,3)25-17(22)20-15(8-10-26(4,23)24)12-21-9-7-13-11-14(19)5-6-16(13)21/h5-6,11,15H,7-10,12H2,1-4H3,(H,20,22). The Labute approximate surface area is 154 Å². The fourth-order valence-electron chi connectivity index (χ4n) is 2.93. The molecular formula is C18H27FN2O4S. The van der Waals surface area contributed by atoms with Gasteiger partial charge in [0, 0.05) is 25.0 Å². The Kier molecular flexibility index (Phi) is 6.16. The van der Waals surface area contributed by atoms with E-state index in [2.05, 4.69) is 5.32 Å². The topological polar surface area (TPSA) is 75.7 Å². The Bertz CT molecular complexity index is 759. The summed E-state index contributed by atoms with van der Waals surface area (Å²) in [5.41, 5.74) is 1.20. The van der Waals surface area contributed by atoms with Crippen LogP contribution in [0.2, 0.25) is 0 Å². The molecular weight excluding hydrogens is 359 g/mol. The van der Waals surface area contributed by atoms with Crippen LogP contribution in [-0.4, -0.2) is 51.3 Å². The lowest BCUT2D eigenvalue weighted by atomic mass is 10.1. The summed E-state index contributed by atoms with van der Waals surface area (Å²) < 4.78 is 41.7. The molecule has 6 nitrogen and oxygen atoms in total. The highest BCUT2D eigenvalue weighted by molar-refractivity contribution is 7.90. The molecule has 0 bridgehead atoms. The average molecular weight is 386 g/mol. The molecule has 26 heavy (non-hydrogen) atoms. The Balaban J connectivity index is 2.08. The summed E-state index contributed by atoms with van der Waals surface area (Å²) in [7, 11) is -3.15. The van der Waals surface area contributed by atoms with Crippen LogP contribution in [0, 0.1) is 5.82 Å². The van der Waals surface area contributed by atoms with Crippen molar-refractivity contribution in [3.05, 3.63) is 29.6 Å². The predicted molar refractivity (Wildman–Crippen MR) is 99.8 cm³/mol. The molecule has 1 unspecified atom stereocenters. The van der Waals surface area contributed by atoms with Crippen molar-refractivity contribution in [2.24, 2.45) is 0 Å². The van der Waals surface area contributed by atoms with Crippen LogP contribution in [0.1, 0.15) is 32.8 Å². The Hall–Kier alpha value is -1.83. The molecule has 1 N–H and O–H groups in total. The largest absolute Gasteiger partial charge is 0.444 e. The van der Waals surface area contributed by atoms with Crippen LogP contribution in [0.4, 0.5) is 14.9 Å². The first-order valence-corrected chi connectivity index (χ1v) is 10.7. The van der Waals surface area contributed by atoms with Crippen molar-refractivity contribution in [2.75, 3.05) is 30.0 Å². The number of carbonyl (C=O) groups is 1. The van der Waals surface area contributed by atoms with Crippen molar-refractivity contribution < 1.29 is 22.3 Å². The van der Waals surface area contributed by atoms with Crippen LogP contribution in [-0.2, 0) is 21.0 Å². The monoisotopic (exact) mass is 386 g/mol. The summed E-state index contributed by atoms with van der Waals surface area (Å²) in [4.78, 5) is 14.1. The number of nitrogens with zero attached hydrogens (tertiary/aromatic N) is 1. The summed E-state index contributed by atoms with van der Waals surface area (Å²) in [6, 6.07) is 4.25. The maximum Gasteiger partial charge on any atom is 0.407 e. The number of carbonyl (C=O) groups excluding carboxylic acids is 1. The number of rotatable bonds is 6. The number of benzene rings is 1. The van der Waals surface area contributed by atoms with Crippen molar-refractivity contribution in [3.63, 3.8) is 0 Å². The van der Waals surface area contributed by atoms with Crippen LogP contribution < -0.4 is 10.2 Å². The average Bonchev–Trinajstić information content (AvgIpc) is 2.84. The molecule has 0 aliphatic carbocycles. The Morgan fingerprint density at radius 1 is 1.38 bits per heavy atom. The molecule has 0 saturated heterocycles. The maximum atomic E-state index is 13.4. The number of alkyl carbamates (subject to hydrolysis) is 1. The molecule has 0 saturated carbocycles. The highest BCUT2D eigenvalue weighted by Crippen LogP contribution is 2.28. The minimum atomic E-state index is -3.15. The van der Waals surface area contributed by atoms with E-state index in [4.69, 9.17) is 4.74 Å². The second-order valence-electron chi connectivity index (χ2n) is 7.73. The quantitative estimate of drug-likeness (QED) is 0.813. The normalized spacial score (nSPS) is 15.5. The molecule has 0 aromatic heterocycles. The molecule has 146 valence electrons. The molecule has 1 heterocycles. The summed E-state index contributed by atoms with van der Waals surface area (Å²) in [6.45, 7) is 6.44. The third-order valence-electron chi connectivity index (χ3n) is 4.03. The van der Waals surface area contributed by atoms with E-state index in [1.165, 1.54) is 18.4 Å². The molecule has 1 atom stereocenters.